The molecule has 10 heteroatoms. The second-order valence-corrected chi connectivity index (χ2v) is 9.85. The minimum Gasteiger partial charge on any atom is -0.465 e. The summed E-state index contributed by atoms with van der Waals surface area (Å²) >= 11 is 0. The van der Waals surface area contributed by atoms with Crippen molar-refractivity contribution in [3.8, 4) is 5.95 Å². The Kier molecular flexibility index (Phi) is 6.67. The Hall–Kier alpha value is -3.17. The maximum Gasteiger partial charge on any atom is 0.407 e. The fourth-order valence-electron chi connectivity index (χ4n) is 4.49. The predicted molar refractivity (Wildman–Crippen MR) is 125 cm³/mol. The van der Waals surface area contributed by atoms with E-state index in [4.69, 9.17) is 0 Å². The van der Waals surface area contributed by atoms with Crippen molar-refractivity contribution in [2.75, 3.05) is 11.9 Å². The number of amides is 2. The molecular formula is C23H34N6O4. The van der Waals surface area contributed by atoms with Crippen LogP contribution in [-0.2, 0) is 11.2 Å². The largest absolute Gasteiger partial charge is 0.465 e. The molecule has 0 aromatic carbocycles. The van der Waals surface area contributed by atoms with Crippen molar-refractivity contribution >= 4 is 17.8 Å². The summed E-state index contributed by atoms with van der Waals surface area (Å²) in [6.07, 6.45) is 0.488. The summed E-state index contributed by atoms with van der Waals surface area (Å²) in [6.45, 7) is 13.6. The number of carbonyl (C=O) groups is 2. The second-order valence-electron chi connectivity index (χ2n) is 9.85. The number of carboxylic acid groups (broad SMARTS) is 1. The standard InChI is InChI=1S/C23H34N6O4/c1-8-16-14(4)24-21(26-20(16)31)29-18(12(2)13(3)27-29)25-19(30)15-9-10-28(22(32)33)17(11-15)23(5,6)7/h15,17H,8-11H2,1-7H3,(H,25,30)(H,32,33)(H,24,26,31). The van der Waals surface area contributed by atoms with Crippen molar-refractivity contribution in [1.82, 2.24) is 24.6 Å². The molecular weight excluding hydrogens is 424 g/mol. The molecule has 1 fully saturated rings. The Morgan fingerprint density at radius 2 is 1.88 bits per heavy atom. The van der Waals surface area contributed by atoms with Gasteiger partial charge in [0.05, 0.1) is 5.69 Å². The highest BCUT2D eigenvalue weighted by Gasteiger charge is 2.41. The van der Waals surface area contributed by atoms with Gasteiger partial charge < -0.3 is 15.3 Å². The van der Waals surface area contributed by atoms with Crippen LogP contribution in [0.15, 0.2) is 4.79 Å². The fourth-order valence-corrected chi connectivity index (χ4v) is 4.49. The third-order valence-electron chi connectivity index (χ3n) is 6.58. The van der Waals surface area contributed by atoms with Crippen LogP contribution in [-0.4, -0.2) is 54.3 Å². The molecule has 0 radical (unpaired) electrons. The van der Waals surface area contributed by atoms with E-state index in [2.05, 4.69) is 20.4 Å². The first-order valence-electron chi connectivity index (χ1n) is 11.3. The predicted octanol–water partition coefficient (Wildman–Crippen LogP) is 3.19. The molecule has 1 aliphatic heterocycles. The van der Waals surface area contributed by atoms with Crippen LogP contribution >= 0.6 is 0 Å². The summed E-state index contributed by atoms with van der Waals surface area (Å²) in [4.78, 5) is 46.2. The van der Waals surface area contributed by atoms with E-state index in [1.807, 2.05) is 41.5 Å². The molecule has 0 saturated carbocycles. The molecule has 33 heavy (non-hydrogen) atoms. The van der Waals surface area contributed by atoms with E-state index in [-0.39, 0.29) is 34.8 Å². The molecule has 3 heterocycles. The number of likely N-dealkylation sites (tertiary alicyclic amines) is 1. The van der Waals surface area contributed by atoms with Crippen molar-refractivity contribution < 1.29 is 14.7 Å². The van der Waals surface area contributed by atoms with Gasteiger partial charge in [-0.15, -0.1) is 0 Å². The molecule has 2 aromatic heterocycles. The molecule has 2 atom stereocenters. The minimum atomic E-state index is -0.959. The number of piperidine rings is 1. The lowest BCUT2D eigenvalue weighted by Gasteiger charge is -2.44. The Bertz CT molecular complexity index is 1130. The number of hydrogen-bond donors (Lipinski definition) is 3. The normalized spacial score (nSPS) is 18.9. The lowest BCUT2D eigenvalue weighted by Crippen LogP contribution is -2.53. The van der Waals surface area contributed by atoms with E-state index < -0.39 is 6.09 Å². The van der Waals surface area contributed by atoms with Crippen molar-refractivity contribution in [3.05, 3.63) is 32.9 Å². The third kappa shape index (κ3) is 4.79. The van der Waals surface area contributed by atoms with Gasteiger partial charge in [0, 0.05) is 35.3 Å². The van der Waals surface area contributed by atoms with Gasteiger partial charge in [0.1, 0.15) is 5.82 Å². The van der Waals surface area contributed by atoms with E-state index in [9.17, 15) is 19.5 Å². The first kappa shape index (κ1) is 24.5. The smallest absolute Gasteiger partial charge is 0.407 e. The van der Waals surface area contributed by atoms with Crippen LogP contribution in [0.2, 0.25) is 0 Å². The monoisotopic (exact) mass is 458 g/mol. The summed E-state index contributed by atoms with van der Waals surface area (Å²) < 4.78 is 1.46. The van der Waals surface area contributed by atoms with Crippen LogP contribution in [0, 0.1) is 32.1 Å². The van der Waals surface area contributed by atoms with Crippen LogP contribution in [0.25, 0.3) is 5.95 Å². The topological polar surface area (TPSA) is 133 Å². The average Bonchev–Trinajstić information content (AvgIpc) is 3.00. The number of hydrogen-bond acceptors (Lipinski definition) is 5. The molecule has 1 aliphatic rings. The number of carbonyl (C=O) groups excluding carboxylic acids is 1. The molecule has 10 nitrogen and oxygen atoms in total. The number of rotatable bonds is 4. The quantitative estimate of drug-likeness (QED) is 0.644. The van der Waals surface area contributed by atoms with Crippen molar-refractivity contribution in [1.29, 1.82) is 0 Å². The van der Waals surface area contributed by atoms with Gasteiger partial charge in [-0.3, -0.25) is 14.6 Å². The molecule has 0 aliphatic carbocycles. The third-order valence-corrected chi connectivity index (χ3v) is 6.58. The number of aromatic nitrogens is 4. The van der Waals surface area contributed by atoms with Gasteiger partial charge in [-0.1, -0.05) is 27.7 Å². The number of nitrogens with zero attached hydrogens (tertiary/aromatic N) is 4. The van der Waals surface area contributed by atoms with Gasteiger partial charge >= 0.3 is 6.09 Å². The summed E-state index contributed by atoms with van der Waals surface area (Å²) in [7, 11) is 0. The maximum atomic E-state index is 13.3. The van der Waals surface area contributed by atoms with E-state index >= 15 is 0 Å². The lowest BCUT2D eigenvalue weighted by molar-refractivity contribution is -0.122. The van der Waals surface area contributed by atoms with Gasteiger partial charge in [-0.05, 0) is 45.4 Å². The Morgan fingerprint density at radius 1 is 1.21 bits per heavy atom. The Morgan fingerprint density at radius 3 is 2.42 bits per heavy atom. The van der Waals surface area contributed by atoms with Crippen molar-refractivity contribution in [3.63, 3.8) is 0 Å². The summed E-state index contributed by atoms with van der Waals surface area (Å²) in [5, 5.41) is 17.1. The average molecular weight is 459 g/mol. The van der Waals surface area contributed by atoms with Crippen LogP contribution in [0.5, 0.6) is 0 Å². The molecule has 2 aromatic rings. The van der Waals surface area contributed by atoms with Crippen LogP contribution < -0.4 is 10.9 Å². The summed E-state index contributed by atoms with van der Waals surface area (Å²) in [5.74, 6) is 0.165. The number of anilines is 1. The van der Waals surface area contributed by atoms with Crippen LogP contribution in [0.3, 0.4) is 0 Å². The lowest BCUT2D eigenvalue weighted by atomic mass is 9.77. The molecule has 3 N–H and O–H groups in total. The van der Waals surface area contributed by atoms with E-state index in [0.717, 1.165) is 5.56 Å². The number of nitrogens with one attached hydrogen (secondary N) is 2. The highest BCUT2D eigenvalue weighted by atomic mass is 16.4. The molecule has 0 spiro atoms. The molecule has 0 bridgehead atoms. The van der Waals surface area contributed by atoms with Gasteiger partial charge in [-0.25, -0.2) is 9.78 Å². The van der Waals surface area contributed by atoms with E-state index in [1.54, 1.807) is 6.92 Å². The zero-order valence-corrected chi connectivity index (χ0v) is 20.4. The zero-order chi connectivity index (χ0) is 24.7. The maximum absolute atomic E-state index is 13.3. The minimum absolute atomic E-state index is 0.192. The van der Waals surface area contributed by atoms with E-state index in [0.29, 0.717) is 48.6 Å². The number of H-pyrrole nitrogens is 1. The molecule has 1 saturated heterocycles. The zero-order valence-electron chi connectivity index (χ0n) is 20.4. The van der Waals surface area contributed by atoms with Gasteiger partial charge in [0.25, 0.3) is 5.56 Å². The van der Waals surface area contributed by atoms with Gasteiger partial charge in [0.2, 0.25) is 11.9 Å². The Labute approximate surface area is 193 Å². The van der Waals surface area contributed by atoms with Gasteiger partial charge in [0.15, 0.2) is 0 Å². The summed E-state index contributed by atoms with van der Waals surface area (Å²) in [6, 6.07) is -0.269. The first-order chi connectivity index (χ1) is 15.3. The van der Waals surface area contributed by atoms with Crippen molar-refractivity contribution in [2.45, 2.75) is 73.8 Å². The second kappa shape index (κ2) is 8.99. The number of aryl methyl sites for hydroxylation is 2. The van der Waals surface area contributed by atoms with Gasteiger partial charge in [-0.2, -0.15) is 9.78 Å². The van der Waals surface area contributed by atoms with Crippen LogP contribution in [0.1, 0.15) is 63.1 Å². The fraction of sp³-hybridized carbons (Fsp3) is 0.609. The Balaban J connectivity index is 1.91. The van der Waals surface area contributed by atoms with E-state index in [1.165, 1.54) is 9.58 Å². The van der Waals surface area contributed by atoms with Crippen LogP contribution in [0.4, 0.5) is 10.6 Å². The first-order valence-corrected chi connectivity index (χ1v) is 11.3. The van der Waals surface area contributed by atoms with Crippen molar-refractivity contribution in [2.24, 2.45) is 11.3 Å². The highest BCUT2D eigenvalue weighted by molar-refractivity contribution is 5.93. The summed E-state index contributed by atoms with van der Waals surface area (Å²) in [5.41, 5.74) is 2.19. The number of aromatic amines is 1. The molecule has 180 valence electrons. The molecule has 2 unspecified atom stereocenters. The highest BCUT2D eigenvalue weighted by Crippen LogP contribution is 2.35. The molecule has 2 amide bonds. The molecule has 3 rings (SSSR count). The SMILES string of the molecule is CCc1c(C)nc(-n2nc(C)c(C)c2NC(=O)C2CCN(C(=O)O)C(C(C)(C)C)C2)[nH]c1=O.